The minimum atomic E-state index is -3.00. The van der Waals surface area contributed by atoms with Gasteiger partial charge in [0, 0.05) is 38.9 Å². The fourth-order valence-electron chi connectivity index (χ4n) is 3.10. The van der Waals surface area contributed by atoms with E-state index in [0.717, 1.165) is 25.3 Å². The number of hydrogen-bond acceptors (Lipinski definition) is 5. The first kappa shape index (κ1) is 15.4. The molecule has 0 aromatic carbocycles. The third-order valence-corrected chi connectivity index (χ3v) is 6.15. The van der Waals surface area contributed by atoms with E-state index >= 15 is 0 Å². The maximum atomic E-state index is 12.4. The molecule has 2 saturated heterocycles. The van der Waals surface area contributed by atoms with E-state index in [1.165, 1.54) is 0 Å². The van der Waals surface area contributed by atoms with E-state index in [-0.39, 0.29) is 23.3 Å². The second-order valence-electron chi connectivity index (χ2n) is 6.02. The van der Waals surface area contributed by atoms with E-state index in [1.54, 1.807) is 6.20 Å². The second kappa shape index (κ2) is 6.34. The van der Waals surface area contributed by atoms with Crippen LogP contribution in [0.5, 0.6) is 0 Å². The molecule has 0 spiro atoms. The molecule has 1 unspecified atom stereocenters. The van der Waals surface area contributed by atoms with E-state index in [9.17, 15) is 13.2 Å². The molecule has 2 fully saturated rings. The zero-order chi connectivity index (χ0) is 15.6. The molecule has 1 aromatic rings. The van der Waals surface area contributed by atoms with Gasteiger partial charge in [0.15, 0.2) is 9.84 Å². The normalized spacial score (nSPS) is 25.3. The monoisotopic (exact) mass is 323 g/mol. The first-order valence-corrected chi connectivity index (χ1v) is 9.47. The molecule has 120 valence electrons. The summed E-state index contributed by atoms with van der Waals surface area (Å²) in [5.41, 5.74) is 1.03. The average Bonchev–Trinajstić information content (AvgIpc) is 2.88. The van der Waals surface area contributed by atoms with Crippen LogP contribution in [0.2, 0.25) is 0 Å². The summed E-state index contributed by atoms with van der Waals surface area (Å²) in [4.78, 5) is 20.8. The summed E-state index contributed by atoms with van der Waals surface area (Å²) >= 11 is 0. The van der Waals surface area contributed by atoms with Crippen LogP contribution in [-0.4, -0.2) is 66.8 Å². The van der Waals surface area contributed by atoms with Crippen molar-refractivity contribution in [2.45, 2.75) is 13.0 Å². The summed E-state index contributed by atoms with van der Waals surface area (Å²) in [7, 11) is -3.00. The molecule has 3 heterocycles. The van der Waals surface area contributed by atoms with Crippen molar-refractivity contribution in [2.75, 3.05) is 37.7 Å². The number of carbonyl (C=O) groups excluding carboxylic acids is 1. The van der Waals surface area contributed by atoms with Crippen molar-refractivity contribution < 1.29 is 13.2 Å². The number of piperazine rings is 1. The molecule has 0 aliphatic carbocycles. The largest absolute Gasteiger partial charge is 0.340 e. The van der Waals surface area contributed by atoms with Crippen molar-refractivity contribution in [2.24, 2.45) is 5.92 Å². The lowest BCUT2D eigenvalue weighted by Gasteiger charge is -2.35. The van der Waals surface area contributed by atoms with Gasteiger partial charge in [-0.05, 0) is 18.6 Å². The molecule has 2 aliphatic rings. The summed E-state index contributed by atoms with van der Waals surface area (Å²) in [5.74, 6) is -0.130. The Bertz CT molecular complexity index is 625. The first-order valence-electron chi connectivity index (χ1n) is 7.65. The molecule has 1 atom stereocenters. The number of aromatic nitrogens is 1. The highest BCUT2D eigenvalue weighted by atomic mass is 32.2. The topological polar surface area (TPSA) is 70.6 Å². The van der Waals surface area contributed by atoms with Crippen LogP contribution in [0.15, 0.2) is 24.4 Å². The molecule has 7 heteroatoms. The van der Waals surface area contributed by atoms with E-state index < -0.39 is 9.84 Å². The van der Waals surface area contributed by atoms with E-state index in [2.05, 4.69) is 9.88 Å². The Labute approximate surface area is 131 Å². The molecule has 0 bridgehead atoms. The Balaban J connectivity index is 1.50. The smallest absolute Gasteiger partial charge is 0.226 e. The molecule has 2 aliphatic heterocycles. The fourth-order valence-corrected chi connectivity index (χ4v) is 4.83. The highest BCUT2D eigenvalue weighted by molar-refractivity contribution is 7.91. The van der Waals surface area contributed by atoms with Gasteiger partial charge in [-0.3, -0.25) is 14.7 Å². The predicted octanol–water partition coefficient (Wildman–Crippen LogP) is 0.161. The lowest BCUT2D eigenvalue weighted by atomic mass is 10.1. The van der Waals surface area contributed by atoms with Gasteiger partial charge in [-0.1, -0.05) is 6.07 Å². The number of sulfone groups is 1. The maximum Gasteiger partial charge on any atom is 0.226 e. The van der Waals surface area contributed by atoms with Crippen LogP contribution in [0, 0.1) is 5.92 Å². The summed E-state index contributed by atoms with van der Waals surface area (Å²) in [5, 5.41) is 0. The van der Waals surface area contributed by atoms with Crippen LogP contribution in [0.1, 0.15) is 12.1 Å². The molecule has 0 N–H and O–H groups in total. The van der Waals surface area contributed by atoms with Crippen LogP contribution in [-0.2, 0) is 21.2 Å². The molecular weight excluding hydrogens is 302 g/mol. The van der Waals surface area contributed by atoms with Gasteiger partial charge >= 0.3 is 0 Å². The molecule has 22 heavy (non-hydrogen) atoms. The van der Waals surface area contributed by atoms with Gasteiger partial charge in [-0.25, -0.2) is 8.42 Å². The first-order chi connectivity index (χ1) is 10.5. The Morgan fingerprint density at radius 3 is 2.59 bits per heavy atom. The quantitative estimate of drug-likeness (QED) is 0.792. The minimum Gasteiger partial charge on any atom is -0.340 e. The van der Waals surface area contributed by atoms with Crippen molar-refractivity contribution in [3.8, 4) is 0 Å². The highest BCUT2D eigenvalue weighted by Crippen LogP contribution is 2.21. The Morgan fingerprint density at radius 2 is 2.00 bits per heavy atom. The molecule has 0 saturated carbocycles. The molecule has 3 rings (SSSR count). The minimum absolute atomic E-state index is 0.0126. The number of carbonyl (C=O) groups is 1. The number of amides is 1. The molecule has 0 radical (unpaired) electrons. The van der Waals surface area contributed by atoms with E-state index in [4.69, 9.17) is 0 Å². The van der Waals surface area contributed by atoms with Crippen LogP contribution in [0.25, 0.3) is 0 Å². The van der Waals surface area contributed by atoms with E-state index in [0.29, 0.717) is 19.5 Å². The Morgan fingerprint density at radius 1 is 1.23 bits per heavy atom. The van der Waals surface area contributed by atoms with Crippen molar-refractivity contribution in [3.63, 3.8) is 0 Å². The van der Waals surface area contributed by atoms with Gasteiger partial charge in [0.1, 0.15) is 0 Å². The van der Waals surface area contributed by atoms with Crippen molar-refractivity contribution in [3.05, 3.63) is 30.1 Å². The predicted molar refractivity (Wildman–Crippen MR) is 82.9 cm³/mol. The molecule has 1 aromatic heterocycles. The third kappa shape index (κ3) is 3.64. The number of hydrogen-bond donors (Lipinski definition) is 0. The second-order valence-corrected chi connectivity index (χ2v) is 8.25. The summed E-state index contributed by atoms with van der Waals surface area (Å²) < 4.78 is 23.0. The summed E-state index contributed by atoms with van der Waals surface area (Å²) in [6, 6.07) is 5.87. The zero-order valence-corrected chi connectivity index (χ0v) is 13.3. The fraction of sp³-hybridized carbons (Fsp3) is 0.600. The average molecular weight is 323 g/mol. The van der Waals surface area contributed by atoms with Gasteiger partial charge in [0.05, 0.1) is 23.1 Å². The molecule has 6 nitrogen and oxygen atoms in total. The van der Waals surface area contributed by atoms with Crippen molar-refractivity contribution >= 4 is 15.7 Å². The Kier molecular flexibility index (Phi) is 4.44. The van der Waals surface area contributed by atoms with Crippen LogP contribution < -0.4 is 0 Å². The number of pyridine rings is 1. The van der Waals surface area contributed by atoms with Gasteiger partial charge < -0.3 is 4.90 Å². The van der Waals surface area contributed by atoms with Gasteiger partial charge in [-0.2, -0.15) is 0 Å². The zero-order valence-electron chi connectivity index (χ0n) is 12.5. The maximum absolute atomic E-state index is 12.4. The number of nitrogens with zero attached hydrogens (tertiary/aromatic N) is 3. The van der Waals surface area contributed by atoms with Crippen molar-refractivity contribution in [1.82, 2.24) is 14.8 Å². The summed E-state index contributed by atoms with van der Waals surface area (Å²) in [6.07, 6.45) is 2.27. The van der Waals surface area contributed by atoms with Crippen LogP contribution in [0.3, 0.4) is 0 Å². The Hall–Kier alpha value is -1.47. The number of rotatable bonds is 3. The van der Waals surface area contributed by atoms with Crippen LogP contribution >= 0.6 is 0 Å². The van der Waals surface area contributed by atoms with E-state index in [1.807, 2.05) is 23.1 Å². The lowest BCUT2D eigenvalue weighted by Crippen LogP contribution is -2.50. The van der Waals surface area contributed by atoms with Gasteiger partial charge in [0.25, 0.3) is 0 Å². The molecular formula is C15H21N3O3S. The van der Waals surface area contributed by atoms with Gasteiger partial charge in [0.2, 0.25) is 5.91 Å². The van der Waals surface area contributed by atoms with Crippen LogP contribution in [0.4, 0.5) is 0 Å². The SMILES string of the molecule is O=C(C1CCS(=O)(=O)C1)N1CCN(Cc2ccccn2)CC1. The highest BCUT2D eigenvalue weighted by Gasteiger charge is 2.36. The molecule has 1 amide bonds. The van der Waals surface area contributed by atoms with Gasteiger partial charge in [-0.15, -0.1) is 0 Å². The standard InChI is InChI=1S/C15H21N3O3S/c19-15(13-4-10-22(20,21)12-13)18-8-6-17(7-9-18)11-14-3-1-2-5-16-14/h1-3,5,13H,4,6-12H2. The van der Waals surface area contributed by atoms with Crippen molar-refractivity contribution in [1.29, 1.82) is 0 Å². The lowest BCUT2D eigenvalue weighted by molar-refractivity contribution is -0.136. The third-order valence-electron chi connectivity index (χ3n) is 4.38. The summed E-state index contributed by atoms with van der Waals surface area (Å²) in [6.45, 7) is 3.74.